The minimum atomic E-state index is -0.735. The second kappa shape index (κ2) is 8.96. The van der Waals surface area contributed by atoms with Gasteiger partial charge in [-0.25, -0.2) is 0 Å². The van der Waals surface area contributed by atoms with Crippen molar-refractivity contribution in [3.05, 3.63) is 95.3 Å². The molecule has 0 radical (unpaired) electrons. The number of benzene rings is 2. The summed E-state index contributed by atoms with van der Waals surface area (Å²) < 4.78 is 0. The van der Waals surface area contributed by atoms with Crippen LogP contribution >= 0.6 is 0 Å². The fourth-order valence-corrected chi connectivity index (χ4v) is 2.84. The molecule has 3 N–H and O–H groups in total. The van der Waals surface area contributed by atoms with Gasteiger partial charge in [0.25, 0.3) is 5.91 Å². The number of pyridine rings is 1. The maximum Gasteiger partial charge on any atom is 0.251 e. The molecule has 1 atom stereocenters. The van der Waals surface area contributed by atoms with Crippen molar-refractivity contribution in [2.75, 3.05) is 11.9 Å². The lowest BCUT2D eigenvalue weighted by atomic mass is 10.1. The van der Waals surface area contributed by atoms with E-state index in [0.29, 0.717) is 12.1 Å². The van der Waals surface area contributed by atoms with Gasteiger partial charge in [0.05, 0.1) is 18.3 Å². The van der Waals surface area contributed by atoms with Crippen LogP contribution in [-0.2, 0) is 6.54 Å². The molecule has 0 aliphatic heterocycles. The summed E-state index contributed by atoms with van der Waals surface area (Å²) in [6.45, 7) is 2.65. The zero-order valence-corrected chi connectivity index (χ0v) is 15.2. The fraction of sp³-hybridized carbons (Fsp3) is 0.182. The van der Waals surface area contributed by atoms with Crippen LogP contribution in [0.5, 0.6) is 0 Å². The molecule has 5 nitrogen and oxygen atoms in total. The van der Waals surface area contributed by atoms with Gasteiger partial charge in [-0.2, -0.15) is 0 Å². The van der Waals surface area contributed by atoms with E-state index in [9.17, 15) is 9.90 Å². The van der Waals surface area contributed by atoms with Crippen molar-refractivity contribution in [3.8, 4) is 0 Å². The Morgan fingerprint density at radius 2 is 1.81 bits per heavy atom. The van der Waals surface area contributed by atoms with E-state index in [1.807, 2.05) is 67.6 Å². The second-order valence-electron chi connectivity index (χ2n) is 6.29. The molecule has 1 aromatic heterocycles. The number of carbonyl (C=O) groups is 1. The van der Waals surface area contributed by atoms with Crippen molar-refractivity contribution >= 4 is 11.6 Å². The fourth-order valence-electron chi connectivity index (χ4n) is 2.84. The Bertz CT molecular complexity index is 883. The highest BCUT2D eigenvalue weighted by molar-refractivity contribution is 5.97. The maximum atomic E-state index is 12.6. The van der Waals surface area contributed by atoms with Crippen molar-refractivity contribution in [3.63, 3.8) is 0 Å². The van der Waals surface area contributed by atoms with Gasteiger partial charge in [0.15, 0.2) is 0 Å². The van der Waals surface area contributed by atoms with Gasteiger partial charge in [0.2, 0.25) is 0 Å². The normalized spacial score (nSPS) is 11.6. The van der Waals surface area contributed by atoms with E-state index >= 15 is 0 Å². The molecule has 5 heteroatoms. The Morgan fingerprint density at radius 3 is 2.56 bits per heavy atom. The molecule has 0 aliphatic rings. The second-order valence-corrected chi connectivity index (χ2v) is 6.29. The number of aliphatic hydroxyl groups is 1. The lowest BCUT2D eigenvalue weighted by molar-refractivity contribution is 0.0915. The maximum absolute atomic E-state index is 12.6. The lowest BCUT2D eigenvalue weighted by Gasteiger charge is -2.15. The first-order chi connectivity index (χ1) is 13.1. The van der Waals surface area contributed by atoms with Gasteiger partial charge in [-0.3, -0.25) is 9.78 Å². The van der Waals surface area contributed by atoms with Crippen LogP contribution in [0.4, 0.5) is 5.69 Å². The van der Waals surface area contributed by atoms with Crippen LogP contribution in [0.1, 0.15) is 33.3 Å². The predicted molar refractivity (Wildman–Crippen MR) is 106 cm³/mol. The number of anilines is 1. The third-order valence-electron chi connectivity index (χ3n) is 4.40. The van der Waals surface area contributed by atoms with Gasteiger partial charge in [0.1, 0.15) is 0 Å². The van der Waals surface area contributed by atoms with Crippen LogP contribution in [0.15, 0.2) is 72.9 Å². The average molecular weight is 361 g/mol. The summed E-state index contributed by atoms with van der Waals surface area (Å²) in [5.41, 5.74) is 4.04. The standard InChI is InChI=1S/C22H23N3O2/c1-16-19(22(27)25-15-21(26)17-8-3-2-4-9-17)11-7-12-20(16)24-14-18-10-5-6-13-23-18/h2-13,21,24,26H,14-15H2,1H3,(H,25,27)/t21-/m1/s1. The van der Waals surface area contributed by atoms with Crippen molar-refractivity contribution in [2.45, 2.75) is 19.6 Å². The first-order valence-corrected chi connectivity index (χ1v) is 8.90. The molecule has 138 valence electrons. The predicted octanol–water partition coefficient (Wildman–Crippen LogP) is 3.47. The topological polar surface area (TPSA) is 74.2 Å². The molecule has 0 saturated carbocycles. The van der Waals surface area contributed by atoms with Crippen LogP contribution in [0.25, 0.3) is 0 Å². The van der Waals surface area contributed by atoms with Crippen LogP contribution < -0.4 is 10.6 Å². The minimum absolute atomic E-state index is 0.161. The SMILES string of the molecule is Cc1c(NCc2ccccn2)cccc1C(=O)NC[C@@H](O)c1ccccc1. The van der Waals surface area contributed by atoms with Gasteiger partial charge in [-0.05, 0) is 42.3 Å². The van der Waals surface area contributed by atoms with Gasteiger partial charge in [-0.15, -0.1) is 0 Å². The number of rotatable bonds is 7. The highest BCUT2D eigenvalue weighted by Gasteiger charge is 2.14. The molecule has 0 fully saturated rings. The Hall–Kier alpha value is -3.18. The van der Waals surface area contributed by atoms with Gasteiger partial charge in [-0.1, -0.05) is 42.5 Å². The molecule has 3 rings (SSSR count). The molecule has 1 heterocycles. The van der Waals surface area contributed by atoms with Crippen LogP contribution in [0, 0.1) is 6.92 Å². The monoisotopic (exact) mass is 361 g/mol. The summed E-state index contributed by atoms with van der Waals surface area (Å²) in [5.74, 6) is -0.205. The van der Waals surface area contributed by atoms with Gasteiger partial charge < -0.3 is 15.7 Å². The van der Waals surface area contributed by atoms with Crippen LogP contribution in [-0.4, -0.2) is 22.5 Å². The molecular formula is C22H23N3O2. The average Bonchev–Trinajstić information content (AvgIpc) is 2.72. The largest absolute Gasteiger partial charge is 0.387 e. The molecule has 0 bridgehead atoms. The number of amides is 1. The van der Waals surface area contributed by atoms with Crippen molar-refractivity contribution < 1.29 is 9.90 Å². The highest BCUT2D eigenvalue weighted by atomic mass is 16.3. The molecule has 2 aromatic carbocycles. The minimum Gasteiger partial charge on any atom is -0.387 e. The summed E-state index contributed by atoms with van der Waals surface area (Å²) in [5, 5.41) is 16.3. The molecule has 0 spiro atoms. The summed E-state index contributed by atoms with van der Waals surface area (Å²) in [7, 11) is 0. The van der Waals surface area contributed by atoms with E-state index in [4.69, 9.17) is 0 Å². The molecular weight excluding hydrogens is 338 g/mol. The molecule has 27 heavy (non-hydrogen) atoms. The number of aliphatic hydroxyl groups excluding tert-OH is 1. The molecule has 0 aliphatic carbocycles. The molecule has 0 saturated heterocycles. The first kappa shape index (κ1) is 18.6. The highest BCUT2D eigenvalue weighted by Crippen LogP contribution is 2.20. The Balaban J connectivity index is 1.63. The third kappa shape index (κ3) is 4.92. The first-order valence-electron chi connectivity index (χ1n) is 8.90. The van der Waals surface area contributed by atoms with E-state index in [1.54, 1.807) is 12.3 Å². The zero-order valence-electron chi connectivity index (χ0n) is 15.2. The van der Waals surface area contributed by atoms with E-state index in [2.05, 4.69) is 15.6 Å². The van der Waals surface area contributed by atoms with Crippen molar-refractivity contribution in [2.24, 2.45) is 0 Å². The number of hydrogen-bond donors (Lipinski definition) is 3. The number of nitrogens with zero attached hydrogens (tertiary/aromatic N) is 1. The van der Waals surface area contributed by atoms with E-state index in [1.165, 1.54) is 0 Å². The number of aromatic nitrogens is 1. The third-order valence-corrected chi connectivity index (χ3v) is 4.40. The number of nitrogens with one attached hydrogen (secondary N) is 2. The lowest BCUT2D eigenvalue weighted by Crippen LogP contribution is -2.29. The van der Waals surface area contributed by atoms with Crippen molar-refractivity contribution in [1.82, 2.24) is 10.3 Å². The van der Waals surface area contributed by atoms with Gasteiger partial charge >= 0.3 is 0 Å². The van der Waals surface area contributed by atoms with Crippen molar-refractivity contribution in [1.29, 1.82) is 0 Å². The molecule has 1 amide bonds. The molecule has 3 aromatic rings. The quantitative estimate of drug-likeness (QED) is 0.602. The Morgan fingerprint density at radius 1 is 1.04 bits per heavy atom. The number of hydrogen-bond acceptors (Lipinski definition) is 4. The van der Waals surface area contributed by atoms with E-state index in [-0.39, 0.29) is 12.5 Å². The van der Waals surface area contributed by atoms with Crippen LogP contribution in [0.3, 0.4) is 0 Å². The van der Waals surface area contributed by atoms with Crippen LogP contribution in [0.2, 0.25) is 0 Å². The number of carbonyl (C=O) groups excluding carboxylic acids is 1. The smallest absolute Gasteiger partial charge is 0.251 e. The summed E-state index contributed by atoms with van der Waals surface area (Å²) in [4.78, 5) is 16.9. The van der Waals surface area contributed by atoms with E-state index in [0.717, 1.165) is 22.5 Å². The summed E-state index contributed by atoms with van der Waals surface area (Å²) >= 11 is 0. The molecule has 0 unspecified atom stereocenters. The zero-order chi connectivity index (χ0) is 19.1. The van der Waals surface area contributed by atoms with Gasteiger partial charge in [0, 0.05) is 24.0 Å². The Kier molecular flexibility index (Phi) is 6.18. The summed E-state index contributed by atoms with van der Waals surface area (Å²) in [6, 6.07) is 20.6. The van der Waals surface area contributed by atoms with E-state index < -0.39 is 6.10 Å². The Labute approximate surface area is 159 Å². The summed E-state index contributed by atoms with van der Waals surface area (Å²) in [6.07, 6.45) is 1.02.